The van der Waals surface area contributed by atoms with Crippen molar-refractivity contribution in [1.82, 2.24) is 4.90 Å². The molecule has 2 aromatic carbocycles. The number of anilines is 1. The normalized spacial score (nSPS) is 14.5. The van der Waals surface area contributed by atoms with Crippen molar-refractivity contribution in [2.45, 2.75) is 19.8 Å². The zero-order valence-electron chi connectivity index (χ0n) is 15.6. The number of carbonyl (C=O) groups excluding carboxylic acids is 1. The number of nitrogens with one attached hydrogen (secondary N) is 1. The van der Waals surface area contributed by atoms with Crippen LogP contribution >= 0.6 is 0 Å². The predicted octanol–water partition coefficient (Wildman–Crippen LogP) is 4.34. The first-order chi connectivity index (χ1) is 13.1. The van der Waals surface area contributed by atoms with Crippen molar-refractivity contribution in [3.63, 3.8) is 0 Å². The highest BCUT2D eigenvalue weighted by Gasteiger charge is 2.12. The van der Waals surface area contributed by atoms with E-state index in [2.05, 4.69) is 16.3 Å². The van der Waals surface area contributed by atoms with E-state index < -0.39 is 0 Å². The Bertz CT molecular complexity index is 785. The number of carbonyl (C=O) groups is 1. The number of ether oxygens (including phenoxy) is 1. The van der Waals surface area contributed by atoms with Crippen LogP contribution < -0.4 is 10.1 Å². The van der Waals surface area contributed by atoms with E-state index in [0.29, 0.717) is 6.61 Å². The Morgan fingerprint density at radius 2 is 1.89 bits per heavy atom. The highest BCUT2D eigenvalue weighted by atomic mass is 19.1. The summed E-state index contributed by atoms with van der Waals surface area (Å²) >= 11 is 0. The third-order valence-corrected chi connectivity index (χ3v) is 4.57. The second-order valence-electron chi connectivity index (χ2n) is 6.69. The number of nitrogens with zero attached hydrogens (tertiary/aromatic N) is 1. The van der Waals surface area contributed by atoms with Gasteiger partial charge in [-0.3, -0.25) is 9.69 Å². The molecule has 1 amide bonds. The Hall–Kier alpha value is -2.66. The van der Waals surface area contributed by atoms with Crippen LogP contribution in [0, 0.1) is 5.82 Å². The summed E-state index contributed by atoms with van der Waals surface area (Å²) in [7, 11) is 0. The second-order valence-corrected chi connectivity index (χ2v) is 6.69. The molecule has 1 heterocycles. The molecule has 0 spiro atoms. The van der Waals surface area contributed by atoms with Crippen LogP contribution in [-0.4, -0.2) is 37.0 Å². The van der Waals surface area contributed by atoms with Gasteiger partial charge in [-0.05, 0) is 60.4 Å². The predicted molar refractivity (Wildman–Crippen MR) is 106 cm³/mol. The Morgan fingerprint density at radius 3 is 2.52 bits per heavy atom. The van der Waals surface area contributed by atoms with Crippen LogP contribution in [0.15, 0.2) is 54.6 Å². The maximum Gasteiger partial charge on any atom is 0.221 e. The lowest BCUT2D eigenvalue weighted by atomic mass is 9.99. The van der Waals surface area contributed by atoms with Gasteiger partial charge in [-0.2, -0.15) is 0 Å². The summed E-state index contributed by atoms with van der Waals surface area (Å²) in [5.74, 6) is 0.532. The molecule has 0 radical (unpaired) electrons. The number of halogens is 1. The molecular weight excluding hydrogens is 343 g/mol. The molecule has 142 valence electrons. The fourth-order valence-electron chi connectivity index (χ4n) is 3.16. The molecule has 0 bridgehead atoms. The molecule has 3 rings (SSSR count). The lowest BCUT2D eigenvalue weighted by Gasteiger charge is -2.26. The molecule has 5 heteroatoms. The smallest absolute Gasteiger partial charge is 0.221 e. The van der Waals surface area contributed by atoms with E-state index in [1.807, 2.05) is 36.4 Å². The number of benzene rings is 2. The molecule has 0 saturated carbocycles. The highest BCUT2D eigenvalue weighted by Crippen LogP contribution is 2.22. The number of rotatable bonds is 7. The third-order valence-electron chi connectivity index (χ3n) is 4.57. The van der Waals surface area contributed by atoms with Gasteiger partial charge in [0.2, 0.25) is 5.91 Å². The SMILES string of the molecule is CC(=O)Nc1ccc(OCCCN2CC=C(c3ccc(F)cc3)CC2)cc1. The molecule has 4 nitrogen and oxygen atoms in total. The van der Waals surface area contributed by atoms with E-state index in [-0.39, 0.29) is 11.7 Å². The van der Waals surface area contributed by atoms with Gasteiger partial charge in [0.15, 0.2) is 0 Å². The number of hydrogen-bond acceptors (Lipinski definition) is 3. The Labute approximate surface area is 159 Å². The van der Waals surface area contributed by atoms with E-state index >= 15 is 0 Å². The zero-order valence-corrected chi connectivity index (χ0v) is 15.6. The number of hydrogen-bond donors (Lipinski definition) is 1. The quantitative estimate of drug-likeness (QED) is 0.739. The topological polar surface area (TPSA) is 41.6 Å². The molecule has 0 unspecified atom stereocenters. The molecule has 27 heavy (non-hydrogen) atoms. The number of amides is 1. The minimum Gasteiger partial charge on any atom is -0.494 e. The summed E-state index contributed by atoms with van der Waals surface area (Å²) < 4.78 is 18.8. The summed E-state index contributed by atoms with van der Waals surface area (Å²) in [5, 5.41) is 2.74. The first kappa shape index (κ1) is 19.1. The van der Waals surface area contributed by atoms with Crippen molar-refractivity contribution in [3.05, 3.63) is 66.0 Å². The standard InChI is InChI=1S/C22H25FN2O2/c1-17(26)24-21-7-9-22(10-8-21)27-16-2-13-25-14-11-19(12-15-25)18-3-5-20(23)6-4-18/h3-11H,2,12-16H2,1H3,(H,24,26). The van der Waals surface area contributed by atoms with Crippen LogP contribution in [0.1, 0.15) is 25.3 Å². The van der Waals surface area contributed by atoms with E-state index in [1.54, 1.807) is 0 Å². The summed E-state index contributed by atoms with van der Waals surface area (Å²) in [6.45, 7) is 5.05. The van der Waals surface area contributed by atoms with Gasteiger partial charge in [-0.15, -0.1) is 0 Å². The lowest BCUT2D eigenvalue weighted by molar-refractivity contribution is -0.114. The van der Waals surface area contributed by atoms with Crippen LogP contribution in [0.5, 0.6) is 5.75 Å². The maximum atomic E-state index is 13.0. The summed E-state index contributed by atoms with van der Waals surface area (Å²) in [5.41, 5.74) is 3.18. The molecule has 1 N–H and O–H groups in total. The molecule has 0 saturated heterocycles. The maximum absolute atomic E-state index is 13.0. The minimum absolute atomic E-state index is 0.0816. The van der Waals surface area contributed by atoms with Crippen LogP contribution in [-0.2, 0) is 4.79 Å². The van der Waals surface area contributed by atoms with E-state index in [9.17, 15) is 9.18 Å². The minimum atomic E-state index is -0.193. The summed E-state index contributed by atoms with van der Waals surface area (Å²) in [6.07, 6.45) is 4.17. The molecule has 0 aliphatic carbocycles. The Balaban J connectivity index is 1.38. The average Bonchev–Trinajstić information content (AvgIpc) is 2.67. The molecule has 0 aromatic heterocycles. The fourth-order valence-corrected chi connectivity index (χ4v) is 3.16. The fraction of sp³-hybridized carbons (Fsp3) is 0.318. The summed E-state index contributed by atoms with van der Waals surface area (Å²) in [4.78, 5) is 13.4. The second kappa shape index (κ2) is 9.33. The molecule has 1 aliphatic heterocycles. The largest absolute Gasteiger partial charge is 0.494 e. The Morgan fingerprint density at radius 1 is 1.15 bits per heavy atom. The van der Waals surface area contributed by atoms with Crippen LogP contribution in [0.4, 0.5) is 10.1 Å². The van der Waals surface area contributed by atoms with Gasteiger partial charge in [0.05, 0.1) is 6.61 Å². The van der Waals surface area contributed by atoms with Gasteiger partial charge in [-0.1, -0.05) is 18.2 Å². The molecular formula is C22H25FN2O2. The molecule has 0 fully saturated rings. The molecule has 0 atom stereocenters. The van der Waals surface area contributed by atoms with Crippen molar-refractivity contribution in [2.24, 2.45) is 0 Å². The Kier molecular flexibility index (Phi) is 6.60. The van der Waals surface area contributed by atoms with Gasteiger partial charge < -0.3 is 10.1 Å². The average molecular weight is 368 g/mol. The molecule has 1 aliphatic rings. The van der Waals surface area contributed by atoms with Crippen LogP contribution in [0.2, 0.25) is 0 Å². The first-order valence-corrected chi connectivity index (χ1v) is 9.28. The van der Waals surface area contributed by atoms with Crippen molar-refractivity contribution in [2.75, 3.05) is 31.6 Å². The molecule has 2 aromatic rings. The highest BCUT2D eigenvalue weighted by molar-refractivity contribution is 5.88. The van der Waals surface area contributed by atoms with Crippen LogP contribution in [0.3, 0.4) is 0 Å². The van der Waals surface area contributed by atoms with Crippen molar-refractivity contribution < 1.29 is 13.9 Å². The van der Waals surface area contributed by atoms with Gasteiger partial charge >= 0.3 is 0 Å². The van der Waals surface area contributed by atoms with Gasteiger partial charge in [0, 0.05) is 32.2 Å². The third kappa shape index (κ3) is 5.93. The monoisotopic (exact) mass is 368 g/mol. The van der Waals surface area contributed by atoms with Gasteiger partial charge in [0.25, 0.3) is 0 Å². The van der Waals surface area contributed by atoms with E-state index in [1.165, 1.54) is 24.6 Å². The van der Waals surface area contributed by atoms with E-state index in [4.69, 9.17) is 4.74 Å². The lowest BCUT2D eigenvalue weighted by Crippen LogP contribution is -2.30. The first-order valence-electron chi connectivity index (χ1n) is 9.28. The van der Waals surface area contributed by atoms with Crippen molar-refractivity contribution in [1.29, 1.82) is 0 Å². The van der Waals surface area contributed by atoms with Crippen molar-refractivity contribution >= 4 is 17.2 Å². The van der Waals surface area contributed by atoms with Gasteiger partial charge in [0.1, 0.15) is 11.6 Å². The zero-order chi connectivity index (χ0) is 19.1. The van der Waals surface area contributed by atoms with E-state index in [0.717, 1.165) is 49.5 Å². The van der Waals surface area contributed by atoms with Gasteiger partial charge in [-0.25, -0.2) is 4.39 Å². The summed E-state index contributed by atoms with van der Waals surface area (Å²) in [6, 6.07) is 14.1. The van der Waals surface area contributed by atoms with Crippen molar-refractivity contribution in [3.8, 4) is 5.75 Å². The van der Waals surface area contributed by atoms with Crippen LogP contribution in [0.25, 0.3) is 5.57 Å².